The average molecular weight is 230 g/mol. The molecule has 1 aliphatic rings. The van der Waals surface area contributed by atoms with Gasteiger partial charge in [-0.3, -0.25) is 4.79 Å². The van der Waals surface area contributed by atoms with Gasteiger partial charge in [-0.25, -0.2) is 4.79 Å². The van der Waals surface area contributed by atoms with Crippen LogP contribution in [0.25, 0.3) is 0 Å². The van der Waals surface area contributed by atoms with E-state index >= 15 is 0 Å². The second kappa shape index (κ2) is 5.69. The Morgan fingerprint density at radius 2 is 2.25 bits per heavy atom. The van der Waals surface area contributed by atoms with Crippen LogP contribution in [0, 0.1) is 11.8 Å². The second-order valence-corrected chi connectivity index (χ2v) is 4.06. The van der Waals surface area contributed by atoms with Crippen molar-refractivity contribution in [1.82, 2.24) is 4.90 Å². The third-order valence-corrected chi connectivity index (χ3v) is 3.06. The fourth-order valence-corrected chi connectivity index (χ4v) is 2.12. The number of hydrogen-bond donors (Lipinski definition) is 2. The van der Waals surface area contributed by atoms with Gasteiger partial charge in [-0.15, -0.1) is 0 Å². The molecular weight excluding hydrogens is 212 g/mol. The highest BCUT2D eigenvalue weighted by Crippen LogP contribution is 2.26. The third kappa shape index (κ3) is 3.10. The summed E-state index contributed by atoms with van der Waals surface area (Å²) in [6, 6.07) is -0.480. The van der Waals surface area contributed by atoms with Crippen LogP contribution in [0.3, 0.4) is 0 Å². The minimum absolute atomic E-state index is 0.0706. The first-order valence-corrected chi connectivity index (χ1v) is 5.32. The number of hydrogen-bond acceptors (Lipinski definition) is 3. The maximum absolute atomic E-state index is 11.0. The lowest BCUT2D eigenvalue weighted by Gasteiger charge is -2.35. The molecule has 1 fully saturated rings. The lowest BCUT2D eigenvalue weighted by molar-refractivity contribution is -0.145. The number of aliphatic carboxylic acids is 1. The van der Waals surface area contributed by atoms with E-state index in [0.29, 0.717) is 32.5 Å². The van der Waals surface area contributed by atoms with Gasteiger partial charge in [0.05, 0.1) is 5.92 Å². The van der Waals surface area contributed by atoms with Gasteiger partial charge in [-0.2, -0.15) is 0 Å². The molecule has 0 aromatic rings. The minimum atomic E-state index is -0.801. The molecule has 6 heteroatoms. The van der Waals surface area contributed by atoms with Crippen LogP contribution >= 0.6 is 0 Å². The molecular formula is C10H18N2O4. The minimum Gasteiger partial charge on any atom is -0.481 e. The number of carboxylic acid groups (broad SMARTS) is 1. The summed E-state index contributed by atoms with van der Waals surface area (Å²) in [5, 5.41) is 9.06. The van der Waals surface area contributed by atoms with Crippen molar-refractivity contribution in [3.63, 3.8) is 0 Å². The number of nitrogens with two attached hydrogens (primary N) is 1. The summed E-state index contributed by atoms with van der Waals surface area (Å²) in [6.07, 6.45) is 1.10. The maximum atomic E-state index is 11.0. The van der Waals surface area contributed by atoms with E-state index in [2.05, 4.69) is 0 Å². The number of amides is 2. The lowest BCUT2D eigenvalue weighted by Crippen LogP contribution is -2.48. The Morgan fingerprint density at radius 1 is 1.56 bits per heavy atom. The smallest absolute Gasteiger partial charge is 0.314 e. The van der Waals surface area contributed by atoms with Gasteiger partial charge in [0.1, 0.15) is 0 Å². The first-order chi connectivity index (χ1) is 7.56. The number of ether oxygens (including phenoxy) is 1. The van der Waals surface area contributed by atoms with E-state index in [4.69, 9.17) is 15.6 Å². The molecule has 1 saturated heterocycles. The van der Waals surface area contributed by atoms with E-state index in [9.17, 15) is 9.59 Å². The highest BCUT2D eigenvalue weighted by Gasteiger charge is 2.34. The molecule has 1 heterocycles. The van der Waals surface area contributed by atoms with E-state index in [0.717, 1.165) is 0 Å². The molecule has 0 radical (unpaired) electrons. The fraction of sp³-hybridized carbons (Fsp3) is 0.800. The number of methoxy groups -OCH3 is 1. The van der Waals surface area contributed by atoms with Gasteiger partial charge in [-0.1, -0.05) is 0 Å². The van der Waals surface area contributed by atoms with Crippen LogP contribution in [0.1, 0.15) is 12.8 Å². The lowest BCUT2D eigenvalue weighted by atomic mass is 9.83. The van der Waals surface area contributed by atoms with Crippen LogP contribution in [0.5, 0.6) is 0 Å². The summed E-state index contributed by atoms with van der Waals surface area (Å²) in [6.45, 7) is 1.34. The van der Waals surface area contributed by atoms with Gasteiger partial charge in [0.25, 0.3) is 0 Å². The number of carbonyl (C=O) groups excluding carboxylic acids is 1. The zero-order chi connectivity index (χ0) is 12.1. The Hall–Kier alpha value is -1.30. The first-order valence-electron chi connectivity index (χ1n) is 5.32. The number of carboxylic acids is 1. The molecule has 0 aromatic heterocycles. The monoisotopic (exact) mass is 230 g/mol. The van der Waals surface area contributed by atoms with Gasteiger partial charge in [0.15, 0.2) is 0 Å². The second-order valence-electron chi connectivity index (χ2n) is 4.06. The molecule has 1 aliphatic heterocycles. The summed E-state index contributed by atoms with van der Waals surface area (Å²) in [7, 11) is 1.57. The largest absolute Gasteiger partial charge is 0.481 e. The zero-order valence-electron chi connectivity index (χ0n) is 9.39. The highest BCUT2D eigenvalue weighted by molar-refractivity contribution is 5.74. The molecule has 2 atom stereocenters. The van der Waals surface area contributed by atoms with Crippen LogP contribution in [-0.2, 0) is 9.53 Å². The van der Waals surface area contributed by atoms with Crippen molar-refractivity contribution in [2.24, 2.45) is 17.6 Å². The van der Waals surface area contributed by atoms with Crippen LogP contribution in [0.4, 0.5) is 4.79 Å². The quantitative estimate of drug-likeness (QED) is 0.717. The Kier molecular flexibility index (Phi) is 4.54. The molecule has 2 unspecified atom stereocenters. The molecule has 0 aliphatic carbocycles. The van der Waals surface area contributed by atoms with Crippen molar-refractivity contribution >= 4 is 12.0 Å². The molecule has 6 nitrogen and oxygen atoms in total. The zero-order valence-corrected chi connectivity index (χ0v) is 9.39. The van der Waals surface area contributed by atoms with Crippen molar-refractivity contribution in [3.8, 4) is 0 Å². The van der Waals surface area contributed by atoms with Crippen molar-refractivity contribution in [1.29, 1.82) is 0 Å². The number of piperidine rings is 1. The molecule has 0 bridgehead atoms. The van der Waals surface area contributed by atoms with Crippen LogP contribution in [0.2, 0.25) is 0 Å². The standard InChI is InChI=1S/C10H18N2O4/c1-16-5-3-7-6-12(10(11)15)4-2-8(7)9(13)14/h7-8H,2-6H2,1H3,(H2,11,15)(H,13,14). The number of likely N-dealkylation sites (tertiary alicyclic amines) is 1. The van der Waals surface area contributed by atoms with Crippen molar-refractivity contribution < 1.29 is 19.4 Å². The van der Waals surface area contributed by atoms with Gasteiger partial charge >= 0.3 is 12.0 Å². The Bertz CT molecular complexity index is 270. The van der Waals surface area contributed by atoms with E-state index in [-0.39, 0.29) is 5.92 Å². The first kappa shape index (κ1) is 12.8. The van der Waals surface area contributed by atoms with E-state index in [1.807, 2.05) is 0 Å². The molecule has 1 rings (SSSR count). The van der Waals surface area contributed by atoms with E-state index in [1.165, 1.54) is 4.90 Å². The van der Waals surface area contributed by atoms with Crippen molar-refractivity contribution in [2.45, 2.75) is 12.8 Å². The summed E-state index contributed by atoms with van der Waals surface area (Å²) in [5.74, 6) is -1.27. The number of primary amides is 1. The number of rotatable bonds is 4. The topological polar surface area (TPSA) is 92.9 Å². The van der Waals surface area contributed by atoms with Gasteiger partial charge in [-0.05, 0) is 18.8 Å². The number of carbonyl (C=O) groups is 2. The molecule has 92 valence electrons. The van der Waals surface area contributed by atoms with Gasteiger partial charge in [0.2, 0.25) is 0 Å². The SMILES string of the molecule is COCCC1CN(C(N)=O)CCC1C(=O)O. The van der Waals surface area contributed by atoms with E-state index in [1.54, 1.807) is 7.11 Å². The number of urea groups is 1. The highest BCUT2D eigenvalue weighted by atomic mass is 16.5. The van der Waals surface area contributed by atoms with Gasteiger partial charge < -0.3 is 20.5 Å². The normalized spacial score (nSPS) is 25.4. The summed E-state index contributed by atoms with van der Waals surface area (Å²) in [4.78, 5) is 23.5. The predicted molar refractivity (Wildman–Crippen MR) is 56.9 cm³/mol. The number of nitrogens with zero attached hydrogens (tertiary/aromatic N) is 1. The maximum Gasteiger partial charge on any atom is 0.314 e. The molecule has 2 amide bonds. The molecule has 0 aromatic carbocycles. The molecule has 0 saturated carbocycles. The predicted octanol–water partition coefficient (Wildman–Crippen LogP) is 0.124. The fourth-order valence-electron chi connectivity index (χ4n) is 2.12. The Balaban J connectivity index is 2.61. The molecule has 3 N–H and O–H groups in total. The summed E-state index contributed by atoms with van der Waals surface area (Å²) < 4.78 is 4.94. The van der Waals surface area contributed by atoms with E-state index < -0.39 is 17.9 Å². The third-order valence-electron chi connectivity index (χ3n) is 3.06. The van der Waals surface area contributed by atoms with Crippen molar-refractivity contribution in [2.75, 3.05) is 26.8 Å². The average Bonchev–Trinajstić information content (AvgIpc) is 2.25. The molecule has 0 spiro atoms. The van der Waals surface area contributed by atoms with Gasteiger partial charge in [0, 0.05) is 26.8 Å². The molecule has 16 heavy (non-hydrogen) atoms. The summed E-state index contributed by atoms with van der Waals surface area (Å²) in [5.41, 5.74) is 5.19. The Morgan fingerprint density at radius 3 is 2.75 bits per heavy atom. The van der Waals surface area contributed by atoms with Crippen LogP contribution in [-0.4, -0.2) is 48.8 Å². The summed E-state index contributed by atoms with van der Waals surface area (Å²) >= 11 is 0. The van der Waals surface area contributed by atoms with Crippen LogP contribution < -0.4 is 5.73 Å². The Labute approximate surface area is 94.3 Å². The van der Waals surface area contributed by atoms with Crippen LogP contribution in [0.15, 0.2) is 0 Å². The van der Waals surface area contributed by atoms with Crippen molar-refractivity contribution in [3.05, 3.63) is 0 Å².